The molecule has 0 fully saturated rings. The van der Waals surface area contributed by atoms with Crippen LogP contribution in [0.3, 0.4) is 0 Å². The Morgan fingerprint density at radius 1 is 0.435 bits per heavy atom. The Balaban J connectivity index is 0.00000458. The number of ether oxygens (including phenoxy) is 4. The molecular weight excluding hydrogens is 838 g/mol. The number of hydrogen-bond acceptors (Lipinski definition) is 12. The first-order chi connectivity index (χ1) is 30.1. The SMILES string of the molecule is O=c1ccc2ccc(OCCOCCOCCOc3ccc4c5nc6nc(nc7[n-]c(nc8nc(nc([n-]5)c4c3)-c3ccccc3-8)c3ccccc73)-c3ccccc3-6)cc2o1.[Zn+2]. The summed E-state index contributed by atoms with van der Waals surface area (Å²) in [6, 6.07) is 37.8. The first kappa shape index (κ1) is 39.0. The minimum Gasteiger partial charge on any atom is -0.491 e. The first-order valence-corrected chi connectivity index (χ1v) is 19.7. The van der Waals surface area contributed by atoms with E-state index in [0.717, 1.165) is 49.2 Å². The van der Waals surface area contributed by atoms with Crippen molar-refractivity contribution < 1.29 is 42.8 Å². The van der Waals surface area contributed by atoms with E-state index in [-0.39, 0.29) is 19.5 Å². The molecule has 0 saturated heterocycles. The summed E-state index contributed by atoms with van der Waals surface area (Å²) in [7, 11) is 0. The third-order valence-electron chi connectivity index (χ3n) is 10.4. The first-order valence-electron chi connectivity index (χ1n) is 19.7. The maximum atomic E-state index is 11.5. The minimum absolute atomic E-state index is 0. The Morgan fingerprint density at radius 2 is 0.855 bits per heavy atom. The van der Waals surface area contributed by atoms with E-state index in [0.29, 0.717) is 103 Å². The van der Waals surface area contributed by atoms with E-state index in [1.807, 2.05) is 103 Å². The summed E-state index contributed by atoms with van der Waals surface area (Å²) in [6.07, 6.45) is 0. The van der Waals surface area contributed by atoms with Gasteiger partial charge in [0.15, 0.2) is 0 Å². The van der Waals surface area contributed by atoms with E-state index >= 15 is 0 Å². The van der Waals surface area contributed by atoms with Crippen LogP contribution in [0.2, 0.25) is 0 Å². The van der Waals surface area contributed by atoms with Crippen LogP contribution in [0.1, 0.15) is 0 Å². The second kappa shape index (κ2) is 16.7. The Labute approximate surface area is 364 Å². The molecule has 6 heterocycles. The zero-order valence-corrected chi connectivity index (χ0v) is 36.0. The van der Waals surface area contributed by atoms with E-state index in [1.54, 1.807) is 12.1 Å². The zero-order valence-electron chi connectivity index (χ0n) is 33.0. The van der Waals surface area contributed by atoms with Crippen molar-refractivity contribution in [3.8, 4) is 57.1 Å². The second-order valence-electron chi connectivity index (χ2n) is 14.2. The molecule has 9 aromatic rings. The average Bonchev–Trinajstić information content (AvgIpc) is 4.02. The van der Waals surface area contributed by atoms with Gasteiger partial charge in [0.25, 0.3) is 0 Å². The summed E-state index contributed by atoms with van der Waals surface area (Å²) >= 11 is 0. The van der Waals surface area contributed by atoms with Gasteiger partial charge in [0.2, 0.25) is 0 Å². The van der Waals surface area contributed by atoms with Gasteiger partial charge in [-0.25, -0.2) is 14.8 Å². The predicted octanol–water partition coefficient (Wildman–Crippen LogP) is 7.72. The van der Waals surface area contributed by atoms with Crippen LogP contribution in [-0.4, -0.2) is 69.5 Å². The molecule has 8 bridgehead atoms. The molecule has 0 spiro atoms. The second-order valence-corrected chi connectivity index (χ2v) is 14.2. The molecule has 0 atom stereocenters. The fourth-order valence-electron chi connectivity index (χ4n) is 7.47. The van der Waals surface area contributed by atoms with Gasteiger partial charge in [0.1, 0.15) is 30.3 Å². The van der Waals surface area contributed by atoms with E-state index < -0.39 is 5.63 Å². The van der Waals surface area contributed by atoms with Crippen molar-refractivity contribution in [2.75, 3.05) is 39.6 Å². The third-order valence-corrected chi connectivity index (χ3v) is 10.4. The Bertz CT molecular complexity index is 3400. The monoisotopic (exact) mass is 868 g/mol. The molecule has 0 unspecified atom stereocenters. The predicted molar refractivity (Wildman–Crippen MR) is 229 cm³/mol. The summed E-state index contributed by atoms with van der Waals surface area (Å²) in [5, 5.41) is 4.06. The van der Waals surface area contributed by atoms with Crippen molar-refractivity contribution in [3.05, 3.63) is 132 Å². The Hall–Kier alpha value is -7.19. The van der Waals surface area contributed by atoms with E-state index in [9.17, 15) is 4.79 Å². The van der Waals surface area contributed by atoms with E-state index in [1.165, 1.54) is 6.07 Å². The fourth-order valence-corrected chi connectivity index (χ4v) is 7.47. The van der Waals surface area contributed by atoms with Gasteiger partial charge in [0.05, 0.1) is 49.7 Å². The molecule has 2 aliphatic rings. The van der Waals surface area contributed by atoms with Crippen molar-refractivity contribution in [3.63, 3.8) is 0 Å². The smallest absolute Gasteiger partial charge is 0.491 e. The summed E-state index contributed by atoms with van der Waals surface area (Å²) in [5.41, 5.74) is 5.35. The number of nitrogens with zero attached hydrogens (tertiary/aromatic N) is 8. The van der Waals surface area contributed by atoms with Gasteiger partial charge in [-0.05, 0) is 57.9 Å². The van der Waals surface area contributed by atoms with Gasteiger partial charge >= 0.3 is 25.1 Å². The third kappa shape index (κ3) is 7.47. The molecule has 0 N–H and O–H groups in total. The van der Waals surface area contributed by atoms with Crippen LogP contribution >= 0.6 is 0 Å². The van der Waals surface area contributed by atoms with Crippen LogP contribution in [-0.2, 0) is 29.0 Å². The van der Waals surface area contributed by atoms with E-state index in [4.69, 9.17) is 63.2 Å². The van der Waals surface area contributed by atoms with Crippen molar-refractivity contribution in [1.82, 2.24) is 39.9 Å². The fraction of sp³-hybridized carbons (Fsp3) is 0.128. The summed E-state index contributed by atoms with van der Waals surface area (Å²) in [5.74, 6) is 3.19. The van der Waals surface area contributed by atoms with Gasteiger partial charge in [0, 0.05) is 62.4 Å². The molecule has 0 radical (unpaired) electrons. The van der Waals surface area contributed by atoms with Gasteiger partial charge in [-0.3, -0.25) is 0 Å². The molecule has 14 nitrogen and oxygen atoms in total. The van der Waals surface area contributed by atoms with Crippen molar-refractivity contribution in [2.45, 2.75) is 0 Å². The van der Waals surface area contributed by atoms with Crippen molar-refractivity contribution >= 4 is 55.1 Å². The number of rotatable bonds is 11. The molecule has 11 rings (SSSR count). The topological polar surface area (TPSA) is 173 Å². The van der Waals surface area contributed by atoms with Crippen LogP contribution in [0.15, 0.2) is 131 Å². The number of hydrogen-bond donors (Lipinski definition) is 0. The largest absolute Gasteiger partial charge is 2.00 e. The molecule has 62 heavy (non-hydrogen) atoms. The number of benzene rings is 5. The quantitative estimate of drug-likeness (QED) is 0.0702. The normalized spacial score (nSPS) is 11.7. The van der Waals surface area contributed by atoms with Crippen molar-refractivity contribution in [2.24, 2.45) is 0 Å². The molecule has 0 amide bonds. The molecule has 298 valence electrons. The number of aromatic nitrogens is 8. The zero-order chi connectivity index (χ0) is 40.7. The van der Waals surface area contributed by atoms with Gasteiger partial charge in [-0.15, -0.1) is 0 Å². The molecule has 4 aromatic heterocycles. The molecule has 0 aliphatic carbocycles. The molecular formula is C47H32N8O6Zn. The van der Waals surface area contributed by atoms with Crippen LogP contribution in [0.25, 0.3) is 101 Å². The van der Waals surface area contributed by atoms with Crippen LogP contribution in [0.4, 0.5) is 0 Å². The standard InChI is InChI=1S/C47H32N8O6.Zn/c56-39-18-14-27-13-15-29(26-38(27)61-39)60-24-22-58-20-19-57-21-23-59-28-16-17-36-37(25-28)47-54-45-35-12-6-5-11-34(35)43(52-45)50-41-31-8-2-1-7-30(31)40(48-41)49-42-32-9-3-4-10-33(32)44(51-42)53-46(36)55-47;/h1-18,25-26H,19-24H2;/q-2;+2. The van der Waals surface area contributed by atoms with Crippen LogP contribution in [0, 0.1) is 0 Å². The average molecular weight is 870 g/mol. The van der Waals surface area contributed by atoms with Crippen LogP contribution < -0.4 is 25.1 Å². The van der Waals surface area contributed by atoms with Gasteiger partial charge in [-0.2, -0.15) is 0 Å². The maximum absolute atomic E-state index is 11.5. The summed E-state index contributed by atoms with van der Waals surface area (Å²) in [4.78, 5) is 51.4. The van der Waals surface area contributed by atoms with E-state index in [2.05, 4.69) is 0 Å². The maximum Gasteiger partial charge on any atom is 2.00 e. The Kier molecular flexibility index (Phi) is 10.5. The van der Waals surface area contributed by atoms with Crippen LogP contribution in [0.5, 0.6) is 11.5 Å². The van der Waals surface area contributed by atoms with Crippen molar-refractivity contribution in [1.29, 1.82) is 0 Å². The molecule has 2 aliphatic heterocycles. The molecule has 15 heteroatoms. The summed E-state index contributed by atoms with van der Waals surface area (Å²) in [6.45, 7) is 2.15. The Morgan fingerprint density at radius 3 is 1.39 bits per heavy atom. The number of fused-ring (bicyclic) bond motifs is 21. The minimum atomic E-state index is -0.403. The summed E-state index contributed by atoms with van der Waals surface area (Å²) < 4.78 is 28.5. The van der Waals surface area contributed by atoms with Gasteiger partial charge in [-0.1, -0.05) is 72.8 Å². The molecule has 0 saturated carbocycles. The van der Waals surface area contributed by atoms with Gasteiger partial charge < -0.3 is 53.3 Å². The molecule has 5 aromatic carbocycles.